The van der Waals surface area contributed by atoms with Crippen LogP contribution in [-0.4, -0.2) is 28.1 Å². The first-order valence-electron chi connectivity index (χ1n) is 5.23. The molecule has 17 heavy (non-hydrogen) atoms. The number of fused-ring (bicyclic) bond motifs is 1. The highest BCUT2D eigenvalue weighted by atomic mass is 16.5. The number of pyridine rings is 1. The number of ether oxygens (including phenoxy) is 1. The van der Waals surface area contributed by atoms with Crippen molar-refractivity contribution < 1.29 is 19.4 Å². The van der Waals surface area contributed by atoms with E-state index in [1.165, 1.54) is 6.92 Å². The fourth-order valence-corrected chi connectivity index (χ4v) is 1.56. The largest absolute Gasteiger partial charge is 0.481 e. The number of aromatic nitrogens is 1. The summed E-state index contributed by atoms with van der Waals surface area (Å²) in [5.41, 5.74) is 0. The molecule has 0 spiro atoms. The predicted molar refractivity (Wildman–Crippen MR) is 58.7 cm³/mol. The molecular formula is C11H12N2O4. The number of carbonyl (C=O) groups is 2. The minimum absolute atomic E-state index is 0.134. The van der Waals surface area contributed by atoms with Crippen LogP contribution in [0.5, 0.6) is 5.75 Å². The molecule has 1 aromatic heterocycles. The molecule has 2 N–H and O–H groups in total. The van der Waals surface area contributed by atoms with E-state index in [2.05, 4.69) is 10.3 Å². The van der Waals surface area contributed by atoms with Gasteiger partial charge in [0.2, 0.25) is 0 Å². The van der Waals surface area contributed by atoms with E-state index in [0.29, 0.717) is 11.6 Å². The number of amides is 1. The number of carboxylic acids is 1. The zero-order chi connectivity index (χ0) is 12.4. The molecule has 0 aromatic carbocycles. The first-order valence-corrected chi connectivity index (χ1v) is 5.23. The molecule has 1 aliphatic rings. The molecule has 1 aromatic rings. The van der Waals surface area contributed by atoms with Crippen molar-refractivity contribution in [1.82, 2.24) is 4.98 Å². The number of nitrogens with zero attached hydrogens (tertiary/aromatic N) is 1. The second kappa shape index (κ2) is 4.40. The minimum Gasteiger partial charge on any atom is -0.481 e. The maximum atomic E-state index is 11.6. The van der Waals surface area contributed by atoms with Crippen molar-refractivity contribution in [1.29, 1.82) is 0 Å². The van der Waals surface area contributed by atoms with Crippen molar-refractivity contribution in [2.45, 2.75) is 19.4 Å². The molecule has 6 nitrogen and oxygen atoms in total. The Morgan fingerprint density at radius 1 is 1.71 bits per heavy atom. The summed E-state index contributed by atoms with van der Waals surface area (Å²) in [6, 6.07) is 3.37. The molecular weight excluding hydrogens is 224 g/mol. The standard InChI is InChI=1S/C11H12N2O4/c1-6(11(15)16)5-8-10(14)13-9-7(17-8)3-2-4-12-9/h2-4,6,8H,5H2,1H3,(H,15,16)(H,12,13,14). The van der Waals surface area contributed by atoms with Gasteiger partial charge in [0.05, 0.1) is 5.92 Å². The lowest BCUT2D eigenvalue weighted by Crippen LogP contribution is -2.39. The highest BCUT2D eigenvalue weighted by Gasteiger charge is 2.31. The fourth-order valence-electron chi connectivity index (χ4n) is 1.56. The van der Waals surface area contributed by atoms with Crippen molar-refractivity contribution in [3.05, 3.63) is 18.3 Å². The quantitative estimate of drug-likeness (QED) is 0.813. The van der Waals surface area contributed by atoms with Gasteiger partial charge in [-0.25, -0.2) is 4.98 Å². The monoisotopic (exact) mass is 236 g/mol. The number of aliphatic carboxylic acids is 1. The number of anilines is 1. The third kappa shape index (κ3) is 2.35. The minimum atomic E-state index is -0.946. The molecule has 90 valence electrons. The Bertz CT molecular complexity index is 461. The second-order valence-corrected chi connectivity index (χ2v) is 3.92. The highest BCUT2D eigenvalue weighted by Crippen LogP contribution is 2.28. The van der Waals surface area contributed by atoms with E-state index in [9.17, 15) is 9.59 Å². The Morgan fingerprint density at radius 3 is 3.18 bits per heavy atom. The van der Waals surface area contributed by atoms with E-state index in [0.717, 1.165) is 0 Å². The van der Waals surface area contributed by atoms with Crippen LogP contribution in [0.2, 0.25) is 0 Å². The molecule has 0 radical (unpaired) electrons. The lowest BCUT2D eigenvalue weighted by atomic mass is 10.0. The van der Waals surface area contributed by atoms with Gasteiger partial charge in [0, 0.05) is 12.6 Å². The Morgan fingerprint density at radius 2 is 2.47 bits per heavy atom. The first kappa shape index (κ1) is 11.4. The van der Waals surface area contributed by atoms with Crippen LogP contribution in [-0.2, 0) is 9.59 Å². The summed E-state index contributed by atoms with van der Waals surface area (Å²) in [4.78, 5) is 26.3. The maximum Gasteiger partial charge on any atom is 0.306 e. The normalized spacial score (nSPS) is 19.8. The molecule has 1 amide bonds. The Labute approximate surface area is 97.6 Å². The van der Waals surface area contributed by atoms with Crippen LogP contribution in [0.15, 0.2) is 18.3 Å². The number of carboxylic acid groups (broad SMARTS) is 1. The van der Waals surface area contributed by atoms with Crippen LogP contribution in [0.4, 0.5) is 5.82 Å². The van der Waals surface area contributed by atoms with Crippen molar-refractivity contribution in [2.24, 2.45) is 5.92 Å². The van der Waals surface area contributed by atoms with Gasteiger partial charge >= 0.3 is 5.97 Å². The third-order valence-corrected chi connectivity index (χ3v) is 2.56. The molecule has 0 saturated carbocycles. The zero-order valence-corrected chi connectivity index (χ0v) is 9.21. The first-order chi connectivity index (χ1) is 8.08. The maximum absolute atomic E-state index is 11.6. The lowest BCUT2D eigenvalue weighted by Gasteiger charge is -2.25. The molecule has 2 unspecified atom stereocenters. The summed E-state index contributed by atoms with van der Waals surface area (Å²) in [7, 11) is 0. The summed E-state index contributed by atoms with van der Waals surface area (Å²) in [5, 5.41) is 11.4. The number of nitrogens with one attached hydrogen (secondary N) is 1. The highest BCUT2D eigenvalue weighted by molar-refractivity contribution is 5.96. The van der Waals surface area contributed by atoms with Gasteiger partial charge in [-0.15, -0.1) is 0 Å². The number of rotatable bonds is 3. The average Bonchev–Trinajstić information content (AvgIpc) is 2.29. The fraction of sp³-hybridized carbons (Fsp3) is 0.364. The topological polar surface area (TPSA) is 88.5 Å². The molecule has 2 heterocycles. The summed E-state index contributed by atoms with van der Waals surface area (Å²) in [5.74, 6) is -1.10. The van der Waals surface area contributed by atoms with E-state index < -0.39 is 18.0 Å². The summed E-state index contributed by atoms with van der Waals surface area (Å²) in [6.45, 7) is 1.54. The van der Waals surface area contributed by atoms with Gasteiger partial charge in [-0.05, 0) is 12.1 Å². The zero-order valence-electron chi connectivity index (χ0n) is 9.21. The summed E-state index contributed by atoms with van der Waals surface area (Å²) >= 11 is 0. The predicted octanol–water partition coefficient (Wildman–Crippen LogP) is 0.892. The number of carbonyl (C=O) groups excluding carboxylic acids is 1. The molecule has 6 heteroatoms. The number of hydrogen-bond acceptors (Lipinski definition) is 4. The van der Waals surface area contributed by atoms with Crippen molar-refractivity contribution in [3.8, 4) is 5.75 Å². The molecule has 2 rings (SSSR count). The van der Waals surface area contributed by atoms with E-state index >= 15 is 0 Å². The summed E-state index contributed by atoms with van der Waals surface area (Å²) in [6.07, 6.45) is 0.899. The van der Waals surface area contributed by atoms with Gasteiger partial charge in [0.15, 0.2) is 17.7 Å². The molecule has 0 bridgehead atoms. The smallest absolute Gasteiger partial charge is 0.306 e. The van der Waals surface area contributed by atoms with E-state index in [4.69, 9.17) is 9.84 Å². The van der Waals surface area contributed by atoms with E-state index in [-0.39, 0.29) is 12.3 Å². The molecule has 0 saturated heterocycles. The van der Waals surface area contributed by atoms with Crippen LogP contribution in [0.25, 0.3) is 0 Å². The van der Waals surface area contributed by atoms with Crippen LogP contribution >= 0.6 is 0 Å². The molecule has 1 aliphatic heterocycles. The summed E-state index contributed by atoms with van der Waals surface area (Å²) < 4.78 is 5.43. The van der Waals surface area contributed by atoms with Crippen LogP contribution in [0.1, 0.15) is 13.3 Å². The van der Waals surface area contributed by atoms with E-state index in [1.54, 1.807) is 18.3 Å². The molecule has 0 aliphatic carbocycles. The van der Waals surface area contributed by atoms with Gasteiger partial charge in [-0.1, -0.05) is 6.92 Å². The Hall–Kier alpha value is -2.11. The van der Waals surface area contributed by atoms with Gasteiger partial charge in [-0.3, -0.25) is 9.59 Å². The van der Waals surface area contributed by atoms with Gasteiger partial charge in [0.25, 0.3) is 5.91 Å². The van der Waals surface area contributed by atoms with Crippen LogP contribution in [0.3, 0.4) is 0 Å². The Kier molecular flexibility index (Phi) is 2.95. The molecule has 0 fully saturated rings. The number of hydrogen-bond donors (Lipinski definition) is 2. The van der Waals surface area contributed by atoms with Gasteiger partial charge in [0.1, 0.15) is 0 Å². The Balaban J connectivity index is 2.12. The van der Waals surface area contributed by atoms with Gasteiger partial charge < -0.3 is 15.2 Å². The second-order valence-electron chi connectivity index (χ2n) is 3.92. The molecule has 2 atom stereocenters. The van der Waals surface area contributed by atoms with E-state index in [1.807, 2.05) is 0 Å². The van der Waals surface area contributed by atoms with Gasteiger partial charge in [-0.2, -0.15) is 0 Å². The third-order valence-electron chi connectivity index (χ3n) is 2.56. The SMILES string of the molecule is CC(CC1Oc2cccnc2NC1=O)C(=O)O. The van der Waals surface area contributed by atoms with Crippen LogP contribution < -0.4 is 10.1 Å². The van der Waals surface area contributed by atoms with Crippen molar-refractivity contribution >= 4 is 17.7 Å². The lowest BCUT2D eigenvalue weighted by molar-refractivity contribution is -0.142. The van der Waals surface area contributed by atoms with Crippen molar-refractivity contribution in [3.63, 3.8) is 0 Å². The average molecular weight is 236 g/mol. The van der Waals surface area contributed by atoms with Crippen molar-refractivity contribution in [2.75, 3.05) is 5.32 Å². The van der Waals surface area contributed by atoms with Crippen LogP contribution in [0, 0.1) is 5.92 Å².